The van der Waals surface area contributed by atoms with Gasteiger partial charge in [-0.15, -0.1) is 0 Å². The Labute approximate surface area is 106 Å². The normalized spacial score (nSPS) is 11.2. The second-order valence-corrected chi connectivity index (χ2v) is 4.60. The minimum atomic E-state index is -0.363. The zero-order valence-corrected chi connectivity index (χ0v) is 11.0. The van der Waals surface area contributed by atoms with Crippen LogP contribution in [0.25, 0.3) is 0 Å². The predicted molar refractivity (Wildman–Crippen MR) is 66.5 cm³/mol. The van der Waals surface area contributed by atoms with Crippen molar-refractivity contribution >= 4 is 17.5 Å². The van der Waals surface area contributed by atoms with Crippen LogP contribution in [0.1, 0.15) is 25.4 Å². The minimum absolute atomic E-state index is 0.186. The smallest absolute Gasteiger partial charge is 0.231 e. The molecule has 0 aliphatic rings. The topological polar surface area (TPSA) is 72.1 Å². The largest absolute Gasteiger partial charge is 0.369 e. The van der Waals surface area contributed by atoms with Crippen molar-refractivity contribution in [1.29, 1.82) is 0 Å². The molecule has 6 heteroatoms. The van der Waals surface area contributed by atoms with E-state index in [0.29, 0.717) is 17.5 Å². The van der Waals surface area contributed by atoms with Crippen LogP contribution in [0.15, 0.2) is 6.07 Å². The summed E-state index contributed by atoms with van der Waals surface area (Å²) < 4.78 is 0. The SMILES string of the molecule is Cc1cc(Cl)nc(CN(CC(N)=O)C(C)C)n1. The molecule has 0 saturated heterocycles. The molecule has 94 valence electrons. The van der Waals surface area contributed by atoms with Gasteiger partial charge in [-0.1, -0.05) is 11.6 Å². The summed E-state index contributed by atoms with van der Waals surface area (Å²) in [7, 11) is 0. The van der Waals surface area contributed by atoms with E-state index in [1.54, 1.807) is 6.07 Å². The maximum atomic E-state index is 11.0. The fourth-order valence-electron chi connectivity index (χ4n) is 1.46. The molecule has 17 heavy (non-hydrogen) atoms. The molecule has 0 fully saturated rings. The highest BCUT2D eigenvalue weighted by atomic mass is 35.5. The van der Waals surface area contributed by atoms with E-state index in [1.165, 1.54) is 0 Å². The summed E-state index contributed by atoms with van der Waals surface area (Å²) in [6, 6.07) is 1.88. The Morgan fingerprint density at radius 1 is 1.53 bits per heavy atom. The summed E-state index contributed by atoms with van der Waals surface area (Å²) in [5.41, 5.74) is 6.01. The van der Waals surface area contributed by atoms with Gasteiger partial charge >= 0.3 is 0 Å². The number of hydrogen-bond acceptors (Lipinski definition) is 4. The lowest BCUT2D eigenvalue weighted by Crippen LogP contribution is -2.38. The first-order valence-electron chi connectivity index (χ1n) is 5.41. The first kappa shape index (κ1) is 13.9. The Kier molecular flexibility index (Phi) is 4.84. The predicted octanol–water partition coefficient (Wildman–Crippen LogP) is 1.13. The third-order valence-corrected chi connectivity index (χ3v) is 2.50. The Hall–Kier alpha value is -1.20. The number of halogens is 1. The maximum absolute atomic E-state index is 11.0. The maximum Gasteiger partial charge on any atom is 0.231 e. The van der Waals surface area contributed by atoms with Gasteiger partial charge in [0.1, 0.15) is 11.0 Å². The van der Waals surface area contributed by atoms with Crippen molar-refractivity contribution in [3.8, 4) is 0 Å². The van der Waals surface area contributed by atoms with Crippen LogP contribution >= 0.6 is 11.6 Å². The van der Waals surface area contributed by atoms with Gasteiger partial charge in [0.2, 0.25) is 5.91 Å². The summed E-state index contributed by atoms with van der Waals surface area (Å²) in [4.78, 5) is 21.2. The molecule has 0 saturated carbocycles. The van der Waals surface area contributed by atoms with Crippen molar-refractivity contribution in [1.82, 2.24) is 14.9 Å². The summed E-state index contributed by atoms with van der Waals surface area (Å²) in [5, 5.41) is 0.412. The molecule has 5 nitrogen and oxygen atoms in total. The van der Waals surface area contributed by atoms with Gasteiger partial charge in [-0.2, -0.15) is 0 Å². The van der Waals surface area contributed by atoms with E-state index in [2.05, 4.69) is 9.97 Å². The van der Waals surface area contributed by atoms with E-state index < -0.39 is 0 Å². The van der Waals surface area contributed by atoms with Crippen molar-refractivity contribution in [3.05, 3.63) is 22.7 Å². The van der Waals surface area contributed by atoms with Crippen LogP contribution in [0.4, 0.5) is 0 Å². The Balaban J connectivity index is 2.81. The second kappa shape index (κ2) is 5.93. The fraction of sp³-hybridized carbons (Fsp3) is 0.545. The van der Waals surface area contributed by atoms with Gasteiger partial charge in [0.15, 0.2) is 0 Å². The molecule has 0 atom stereocenters. The molecule has 1 heterocycles. The molecule has 0 aliphatic heterocycles. The molecule has 0 spiro atoms. The van der Waals surface area contributed by atoms with Crippen molar-refractivity contribution < 1.29 is 4.79 Å². The van der Waals surface area contributed by atoms with Crippen LogP contribution in [0.5, 0.6) is 0 Å². The molecule has 0 radical (unpaired) electrons. The zero-order chi connectivity index (χ0) is 13.0. The van der Waals surface area contributed by atoms with Gasteiger partial charge in [0.05, 0.1) is 13.1 Å². The molecular weight excluding hydrogens is 240 g/mol. The van der Waals surface area contributed by atoms with Crippen LogP contribution in [-0.2, 0) is 11.3 Å². The first-order valence-corrected chi connectivity index (χ1v) is 5.78. The molecule has 0 bridgehead atoms. The minimum Gasteiger partial charge on any atom is -0.369 e. The fourth-order valence-corrected chi connectivity index (χ4v) is 1.72. The molecule has 0 aliphatic carbocycles. The van der Waals surface area contributed by atoms with Gasteiger partial charge < -0.3 is 5.73 Å². The van der Waals surface area contributed by atoms with E-state index in [-0.39, 0.29) is 18.5 Å². The Bertz CT molecular complexity index is 388. The van der Waals surface area contributed by atoms with Crippen LogP contribution in [0, 0.1) is 6.92 Å². The number of nitrogens with two attached hydrogens (primary N) is 1. The third-order valence-electron chi connectivity index (χ3n) is 2.30. The summed E-state index contributed by atoms with van der Waals surface area (Å²) >= 11 is 5.86. The Morgan fingerprint density at radius 2 is 2.18 bits per heavy atom. The number of primary amides is 1. The van der Waals surface area contributed by atoms with Crippen molar-refractivity contribution in [2.45, 2.75) is 33.4 Å². The molecular formula is C11H17ClN4O. The number of nitrogens with zero attached hydrogens (tertiary/aromatic N) is 3. The lowest BCUT2D eigenvalue weighted by molar-refractivity contribution is -0.119. The zero-order valence-electron chi connectivity index (χ0n) is 10.3. The van der Waals surface area contributed by atoms with Crippen LogP contribution in [0.2, 0.25) is 5.15 Å². The van der Waals surface area contributed by atoms with Gasteiger partial charge in [-0.25, -0.2) is 9.97 Å². The van der Waals surface area contributed by atoms with E-state index in [4.69, 9.17) is 17.3 Å². The van der Waals surface area contributed by atoms with Crippen molar-refractivity contribution in [2.24, 2.45) is 5.73 Å². The van der Waals surface area contributed by atoms with Crippen molar-refractivity contribution in [2.75, 3.05) is 6.54 Å². The molecule has 1 aromatic heterocycles. The summed E-state index contributed by atoms with van der Waals surface area (Å²) in [6.45, 7) is 6.47. The number of carbonyl (C=O) groups excluding carboxylic acids is 1. The third kappa shape index (κ3) is 4.66. The number of aryl methyl sites for hydroxylation is 1. The monoisotopic (exact) mass is 256 g/mol. The van der Waals surface area contributed by atoms with Gasteiger partial charge in [-0.05, 0) is 26.8 Å². The number of rotatable bonds is 5. The second-order valence-electron chi connectivity index (χ2n) is 4.21. The summed E-state index contributed by atoms with van der Waals surface area (Å²) in [6.07, 6.45) is 0. The standard InChI is InChI=1S/C11H17ClN4O/c1-7(2)16(5-10(13)17)6-11-14-8(3)4-9(12)15-11/h4,7H,5-6H2,1-3H3,(H2,13,17). The number of carbonyl (C=O) groups is 1. The number of hydrogen-bond donors (Lipinski definition) is 1. The lowest BCUT2D eigenvalue weighted by atomic mass is 10.3. The Morgan fingerprint density at radius 3 is 2.65 bits per heavy atom. The van der Waals surface area contributed by atoms with Gasteiger partial charge in [0.25, 0.3) is 0 Å². The quantitative estimate of drug-likeness (QED) is 0.802. The molecule has 1 aromatic rings. The highest BCUT2D eigenvalue weighted by molar-refractivity contribution is 6.29. The highest BCUT2D eigenvalue weighted by Gasteiger charge is 2.14. The summed E-state index contributed by atoms with van der Waals surface area (Å²) in [5.74, 6) is 0.238. The molecule has 0 aromatic carbocycles. The van der Waals surface area contributed by atoms with E-state index >= 15 is 0 Å². The molecule has 0 unspecified atom stereocenters. The van der Waals surface area contributed by atoms with Crippen LogP contribution in [-0.4, -0.2) is 33.4 Å². The molecule has 1 rings (SSSR count). The lowest BCUT2D eigenvalue weighted by Gasteiger charge is -2.24. The van der Waals surface area contributed by atoms with Gasteiger partial charge in [0, 0.05) is 11.7 Å². The number of amides is 1. The van der Waals surface area contributed by atoms with Crippen molar-refractivity contribution in [3.63, 3.8) is 0 Å². The average Bonchev–Trinajstić information content (AvgIpc) is 2.13. The molecule has 2 N–H and O–H groups in total. The van der Waals surface area contributed by atoms with Gasteiger partial charge in [-0.3, -0.25) is 9.69 Å². The van der Waals surface area contributed by atoms with E-state index in [9.17, 15) is 4.79 Å². The number of aromatic nitrogens is 2. The van der Waals surface area contributed by atoms with Crippen LogP contribution in [0.3, 0.4) is 0 Å². The van der Waals surface area contributed by atoms with E-state index in [1.807, 2.05) is 25.7 Å². The average molecular weight is 257 g/mol. The first-order chi connectivity index (χ1) is 7.88. The molecule has 1 amide bonds. The van der Waals surface area contributed by atoms with E-state index in [0.717, 1.165) is 5.69 Å². The van der Waals surface area contributed by atoms with Crippen LogP contribution < -0.4 is 5.73 Å². The highest BCUT2D eigenvalue weighted by Crippen LogP contribution is 2.09.